The number of benzene rings is 1. The predicted molar refractivity (Wildman–Crippen MR) is 121 cm³/mol. The van der Waals surface area contributed by atoms with E-state index in [0.29, 0.717) is 48.8 Å². The molecule has 1 aromatic heterocycles. The molecule has 1 saturated heterocycles. The summed E-state index contributed by atoms with van der Waals surface area (Å²) in [6.07, 6.45) is 3.23. The van der Waals surface area contributed by atoms with Gasteiger partial charge in [0.25, 0.3) is 15.9 Å². The number of amides is 1. The molecule has 0 atom stereocenters. The Hall–Kier alpha value is -3.00. The van der Waals surface area contributed by atoms with Crippen molar-refractivity contribution >= 4 is 26.7 Å². The first-order valence-electron chi connectivity index (χ1n) is 10.5. The van der Waals surface area contributed by atoms with E-state index in [1.54, 1.807) is 29.3 Å². The molecule has 7 nitrogen and oxygen atoms in total. The number of hydrogen-bond donors (Lipinski definition) is 0. The Bertz CT molecular complexity index is 1140. The maximum atomic E-state index is 12.9. The quantitative estimate of drug-likeness (QED) is 0.736. The van der Waals surface area contributed by atoms with Crippen LogP contribution in [0.2, 0.25) is 0 Å². The fourth-order valence-electron chi connectivity index (χ4n) is 4.06. The SMILES string of the molecule is CCc1ccc(C2=C(C)C(N3CCCN(C(=O)c4ccccn4)CC3)=NS2(=O)=O)cc1. The first kappa shape index (κ1) is 21.2. The molecular formula is C23H26N4O3S. The van der Waals surface area contributed by atoms with Crippen molar-refractivity contribution in [1.29, 1.82) is 0 Å². The molecule has 2 aromatic rings. The van der Waals surface area contributed by atoms with Crippen molar-refractivity contribution in [2.75, 3.05) is 26.2 Å². The van der Waals surface area contributed by atoms with Crippen molar-refractivity contribution in [1.82, 2.24) is 14.8 Å². The average Bonchev–Trinajstić information content (AvgIpc) is 2.93. The highest BCUT2D eigenvalue weighted by Crippen LogP contribution is 2.34. The summed E-state index contributed by atoms with van der Waals surface area (Å²) in [7, 11) is -3.76. The van der Waals surface area contributed by atoms with Crippen molar-refractivity contribution in [3.8, 4) is 0 Å². The second kappa shape index (κ2) is 8.63. The van der Waals surface area contributed by atoms with Gasteiger partial charge in [0, 0.05) is 37.9 Å². The monoisotopic (exact) mass is 438 g/mol. The Balaban J connectivity index is 1.55. The molecule has 2 aliphatic heterocycles. The third-order valence-corrected chi connectivity index (χ3v) is 7.20. The summed E-state index contributed by atoms with van der Waals surface area (Å²) in [5, 5.41) is 0. The van der Waals surface area contributed by atoms with Gasteiger partial charge in [0.05, 0.1) is 0 Å². The molecule has 0 spiro atoms. The Morgan fingerprint density at radius 2 is 1.81 bits per heavy atom. The number of pyridine rings is 1. The second-order valence-corrected chi connectivity index (χ2v) is 9.28. The number of aryl methyl sites for hydroxylation is 1. The van der Waals surface area contributed by atoms with E-state index in [-0.39, 0.29) is 10.8 Å². The van der Waals surface area contributed by atoms with Crippen LogP contribution in [0, 0.1) is 0 Å². The maximum Gasteiger partial charge on any atom is 0.285 e. The second-order valence-electron chi connectivity index (χ2n) is 7.74. The van der Waals surface area contributed by atoms with Gasteiger partial charge in [0.1, 0.15) is 16.4 Å². The van der Waals surface area contributed by atoms with Crippen molar-refractivity contribution in [2.45, 2.75) is 26.7 Å². The summed E-state index contributed by atoms with van der Waals surface area (Å²) in [5.41, 5.74) is 2.90. The molecule has 162 valence electrons. The van der Waals surface area contributed by atoms with Crippen molar-refractivity contribution in [3.05, 3.63) is 71.1 Å². The molecule has 0 radical (unpaired) electrons. The molecule has 1 fully saturated rings. The minimum absolute atomic E-state index is 0.104. The molecule has 4 rings (SSSR count). The van der Waals surface area contributed by atoms with Crippen LogP contribution in [0.15, 0.2) is 58.6 Å². The zero-order valence-electron chi connectivity index (χ0n) is 17.8. The number of rotatable bonds is 3. The van der Waals surface area contributed by atoms with Gasteiger partial charge in [0.2, 0.25) is 0 Å². The number of hydrogen-bond acceptors (Lipinski definition) is 5. The molecule has 0 bridgehead atoms. The Morgan fingerprint density at radius 1 is 1.03 bits per heavy atom. The van der Waals surface area contributed by atoms with Gasteiger partial charge < -0.3 is 9.80 Å². The van der Waals surface area contributed by atoms with E-state index in [2.05, 4.69) is 16.3 Å². The van der Waals surface area contributed by atoms with Crippen LogP contribution < -0.4 is 0 Å². The lowest BCUT2D eigenvalue weighted by Gasteiger charge is -2.23. The molecular weight excluding hydrogens is 412 g/mol. The lowest BCUT2D eigenvalue weighted by Crippen LogP contribution is -2.37. The van der Waals surface area contributed by atoms with Crippen molar-refractivity contribution in [3.63, 3.8) is 0 Å². The van der Waals surface area contributed by atoms with Crippen molar-refractivity contribution in [2.24, 2.45) is 4.40 Å². The first-order chi connectivity index (χ1) is 14.9. The molecule has 2 aliphatic rings. The zero-order valence-corrected chi connectivity index (χ0v) is 18.6. The minimum atomic E-state index is -3.76. The van der Waals surface area contributed by atoms with E-state index >= 15 is 0 Å². The fourth-order valence-corrected chi connectivity index (χ4v) is 5.54. The van der Waals surface area contributed by atoms with E-state index in [1.807, 2.05) is 36.1 Å². The van der Waals surface area contributed by atoms with Crippen LogP contribution >= 0.6 is 0 Å². The molecule has 8 heteroatoms. The number of amidine groups is 1. The van der Waals surface area contributed by atoms with Gasteiger partial charge >= 0.3 is 0 Å². The normalized spacial score (nSPS) is 18.7. The molecule has 31 heavy (non-hydrogen) atoms. The van der Waals surface area contributed by atoms with E-state index < -0.39 is 10.0 Å². The number of carbonyl (C=O) groups is 1. The number of aromatic nitrogens is 1. The Labute approximate surface area is 183 Å². The van der Waals surface area contributed by atoms with Gasteiger partial charge in [-0.25, -0.2) is 0 Å². The van der Waals surface area contributed by atoms with E-state index in [4.69, 9.17) is 0 Å². The average molecular weight is 439 g/mol. The third kappa shape index (κ3) is 4.25. The van der Waals surface area contributed by atoms with Crippen molar-refractivity contribution < 1.29 is 13.2 Å². The summed E-state index contributed by atoms with van der Waals surface area (Å²) in [5.74, 6) is 0.383. The van der Waals surface area contributed by atoms with E-state index in [1.165, 1.54) is 0 Å². The van der Waals surface area contributed by atoms with Crippen LogP contribution in [0.3, 0.4) is 0 Å². The summed E-state index contributed by atoms with van der Waals surface area (Å²) in [6, 6.07) is 12.9. The molecule has 0 N–H and O–H groups in total. The molecule has 3 heterocycles. The van der Waals surface area contributed by atoms with E-state index in [9.17, 15) is 13.2 Å². The van der Waals surface area contributed by atoms with Gasteiger partial charge in [-0.1, -0.05) is 37.3 Å². The molecule has 0 aliphatic carbocycles. The number of sulfonamides is 1. The Kier molecular flexibility index (Phi) is 5.91. The number of nitrogens with zero attached hydrogens (tertiary/aromatic N) is 4. The zero-order chi connectivity index (χ0) is 22.0. The summed E-state index contributed by atoms with van der Waals surface area (Å²) >= 11 is 0. The minimum Gasteiger partial charge on any atom is -0.354 e. The van der Waals surface area contributed by atoms with Gasteiger partial charge in [0.15, 0.2) is 0 Å². The maximum absolute atomic E-state index is 12.9. The molecule has 0 saturated carbocycles. The van der Waals surface area contributed by atoms with Crippen LogP contribution in [0.25, 0.3) is 4.91 Å². The summed E-state index contributed by atoms with van der Waals surface area (Å²) in [6.45, 7) is 6.12. The van der Waals surface area contributed by atoms with Crippen LogP contribution in [-0.2, 0) is 16.4 Å². The fraction of sp³-hybridized carbons (Fsp3) is 0.348. The highest BCUT2D eigenvalue weighted by molar-refractivity contribution is 8.00. The van der Waals surface area contributed by atoms with Crippen LogP contribution in [0.4, 0.5) is 0 Å². The van der Waals surface area contributed by atoms with Crippen LogP contribution in [0.5, 0.6) is 0 Å². The summed E-state index contributed by atoms with van der Waals surface area (Å²) in [4.78, 5) is 20.9. The lowest BCUT2D eigenvalue weighted by atomic mass is 10.1. The topological polar surface area (TPSA) is 82.9 Å². The van der Waals surface area contributed by atoms with Gasteiger partial charge in [-0.3, -0.25) is 9.78 Å². The summed E-state index contributed by atoms with van der Waals surface area (Å²) < 4.78 is 29.9. The predicted octanol–water partition coefficient (Wildman–Crippen LogP) is 2.97. The van der Waals surface area contributed by atoms with Crippen LogP contribution in [-0.4, -0.2) is 61.1 Å². The standard InChI is InChI=1S/C23H26N4O3S/c1-3-18-8-10-19(11-9-18)21-17(2)22(25-31(21,29)30)26-13-6-14-27(16-15-26)23(28)20-7-4-5-12-24-20/h4-5,7-12H,3,6,13-16H2,1-2H3. The Morgan fingerprint density at radius 3 is 2.48 bits per heavy atom. The largest absolute Gasteiger partial charge is 0.354 e. The first-order valence-corrected chi connectivity index (χ1v) is 12.0. The smallest absolute Gasteiger partial charge is 0.285 e. The van der Waals surface area contributed by atoms with Crippen LogP contribution in [0.1, 0.15) is 41.9 Å². The molecule has 0 unspecified atom stereocenters. The highest BCUT2D eigenvalue weighted by atomic mass is 32.2. The van der Waals surface area contributed by atoms with Gasteiger partial charge in [-0.2, -0.15) is 8.42 Å². The van der Waals surface area contributed by atoms with E-state index in [0.717, 1.165) is 18.4 Å². The van der Waals surface area contributed by atoms with Gasteiger partial charge in [-0.05, 0) is 43.0 Å². The molecule has 1 amide bonds. The van der Waals surface area contributed by atoms with Gasteiger partial charge in [-0.15, -0.1) is 4.40 Å². The highest BCUT2D eigenvalue weighted by Gasteiger charge is 2.34. The lowest BCUT2D eigenvalue weighted by molar-refractivity contribution is 0.0758. The third-order valence-electron chi connectivity index (χ3n) is 5.73. The molecule has 1 aromatic carbocycles. The number of carbonyl (C=O) groups excluding carboxylic acids is 1.